The van der Waals surface area contributed by atoms with Crippen molar-refractivity contribution in [2.45, 2.75) is 45.6 Å². The smallest absolute Gasteiger partial charge is 0.0583 e. The van der Waals surface area contributed by atoms with E-state index in [2.05, 4.69) is 13.8 Å². The molecule has 2 atom stereocenters. The van der Waals surface area contributed by atoms with Crippen LogP contribution in [0.1, 0.15) is 39.5 Å². The Morgan fingerprint density at radius 2 is 2.00 bits per heavy atom. The van der Waals surface area contributed by atoms with Gasteiger partial charge in [0.2, 0.25) is 0 Å². The van der Waals surface area contributed by atoms with Crippen LogP contribution >= 0.6 is 0 Å². The minimum absolute atomic E-state index is 0.153. The molecule has 0 aromatic rings. The quantitative estimate of drug-likeness (QED) is 0.662. The summed E-state index contributed by atoms with van der Waals surface area (Å²) in [6, 6.07) is 0. The summed E-state index contributed by atoms with van der Waals surface area (Å²) in [7, 11) is 0. The van der Waals surface area contributed by atoms with Crippen LogP contribution in [0.25, 0.3) is 0 Å². The molecule has 13 heavy (non-hydrogen) atoms. The van der Waals surface area contributed by atoms with Gasteiger partial charge in [-0.3, -0.25) is 0 Å². The third-order valence-electron chi connectivity index (χ3n) is 2.89. The summed E-state index contributed by atoms with van der Waals surface area (Å²) >= 11 is 0. The monoisotopic (exact) mass is 185 g/mol. The average Bonchev–Trinajstić information content (AvgIpc) is 2.83. The zero-order valence-corrected chi connectivity index (χ0v) is 8.87. The van der Waals surface area contributed by atoms with E-state index in [-0.39, 0.29) is 6.10 Å². The lowest BCUT2D eigenvalue weighted by Crippen LogP contribution is -2.29. The van der Waals surface area contributed by atoms with E-state index in [1.54, 1.807) is 0 Å². The first-order chi connectivity index (χ1) is 6.13. The number of aliphatic hydroxyl groups excluding tert-OH is 1. The van der Waals surface area contributed by atoms with Crippen LogP contribution in [-0.4, -0.2) is 17.8 Å². The third kappa shape index (κ3) is 4.10. The van der Waals surface area contributed by atoms with Gasteiger partial charge in [-0.05, 0) is 37.1 Å². The molecule has 0 aromatic carbocycles. The maximum atomic E-state index is 9.89. The maximum Gasteiger partial charge on any atom is 0.0583 e. The second-order valence-corrected chi connectivity index (χ2v) is 4.87. The zero-order chi connectivity index (χ0) is 9.84. The van der Waals surface area contributed by atoms with E-state index in [9.17, 15) is 5.11 Å². The number of hydrogen-bond donors (Lipinski definition) is 2. The van der Waals surface area contributed by atoms with Crippen molar-refractivity contribution in [3.8, 4) is 0 Å². The topological polar surface area (TPSA) is 46.2 Å². The van der Waals surface area contributed by atoms with Crippen LogP contribution in [0.15, 0.2) is 0 Å². The highest BCUT2D eigenvalue weighted by Crippen LogP contribution is 2.35. The van der Waals surface area contributed by atoms with E-state index in [0.717, 1.165) is 18.8 Å². The normalized spacial score (nSPS) is 21.9. The first-order valence-electron chi connectivity index (χ1n) is 5.51. The molecular weight excluding hydrogens is 162 g/mol. The molecule has 0 heterocycles. The average molecular weight is 185 g/mol. The summed E-state index contributed by atoms with van der Waals surface area (Å²) in [6.07, 6.45) is 4.52. The molecular formula is C11H23NO. The Balaban J connectivity index is 2.25. The summed E-state index contributed by atoms with van der Waals surface area (Å²) < 4.78 is 0. The van der Waals surface area contributed by atoms with Gasteiger partial charge >= 0.3 is 0 Å². The number of aliphatic hydroxyl groups is 1. The highest BCUT2D eigenvalue weighted by Gasteiger charge is 2.28. The Labute approximate surface area is 81.5 Å². The van der Waals surface area contributed by atoms with Crippen molar-refractivity contribution in [3.63, 3.8) is 0 Å². The molecule has 0 spiro atoms. The fraction of sp³-hybridized carbons (Fsp3) is 1.00. The van der Waals surface area contributed by atoms with Crippen LogP contribution in [0, 0.1) is 17.8 Å². The van der Waals surface area contributed by atoms with Crippen molar-refractivity contribution in [1.29, 1.82) is 0 Å². The molecule has 1 aliphatic rings. The predicted molar refractivity (Wildman–Crippen MR) is 55.3 cm³/mol. The van der Waals surface area contributed by atoms with Gasteiger partial charge < -0.3 is 10.8 Å². The van der Waals surface area contributed by atoms with Gasteiger partial charge in [0.05, 0.1) is 6.10 Å². The van der Waals surface area contributed by atoms with Crippen molar-refractivity contribution in [1.82, 2.24) is 0 Å². The lowest BCUT2D eigenvalue weighted by molar-refractivity contribution is 0.0856. The van der Waals surface area contributed by atoms with Crippen LogP contribution in [0.5, 0.6) is 0 Å². The van der Waals surface area contributed by atoms with Gasteiger partial charge in [0.15, 0.2) is 0 Å². The summed E-state index contributed by atoms with van der Waals surface area (Å²) in [6.45, 7) is 5.01. The molecule has 0 amide bonds. The van der Waals surface area contributed by atoms with Gasteiger partial charge in [0.25, 0.3) is 0 Å². The maximum absolute atomic E-state index is 9.89. The number of nitrogens with two attached hydrogens (primary N) is 1. The van der Waals surface area contributed by atoms with Crippen molar-refractivity contribution in [2.24, 2.45) is 23.5 Å². The van der Waals surface area contributed by atoms with Gasteiger partial charge in [-0.15, -0.1) is 0 Å². The predicted octanol–water partition coefficient (Wildman–Crippen LogP) is 1.77. The molecule has 1 rings (SSSR count). The lowest BCUT2D eigenvalue weighted by atomic mass is 9.89. The van der Waals surface area contributed by atoms with Crippen molar-refractivity contribution in [2.75, 3.05) is 6.54 Å². The van der Waals surface area contributed by atoms with E-state index in [0.29, 0.717) is 18.4 Å². The molecule has 78 valence electrons. The van der Waals surface area contributed by atoms with E-state index < -0.39 is 0 Å². The van der Waals surface area contributed by atoms with E-state index in [4.69, 9.17) is 5.73 Å². The zero-order valence-electron chi connectivity index (χ0n) is 8.87. The van der Waals surface area contributed by atoms with Crippen LogP contribution in [-0.2, 0) is 0 Å². The molecule has 0 bridgehead atoms. The molecule has 0 radical (unpaired) electrons. The highest BCUT2D eigenvalue weighted by atomic mass is 16.3. The first-order valence-corrected chi connectivity index (χ1v) is 5.51. The Bertz CT molecular complexity index is 143. The Kier molecular flexibility index (Phi) is 4.20. The molecule has 1 aliphatic carbocycles. The molecule has 3 N–H and O–H groups in total. The lowest BCUT2D eigenvalue weighted by Gasteiger charge is -2.22. The molecule has 0 aliphatic heterocycles. The number of rotatable bonds is 6. The Morgan fingerprint density at radius 1 is 1.38 bits per heavy atom. The summed E-state index contributed by atoms with van der Waals surface area (Å²) in [5.74, 6) is 1.76. The molecule has 0 aromatic heterocycles. The van der Waals surface area contributed by atoms with E-state index in [1.165, 1.54) is 12.8 Å². The molecule has 2 heteroatoms. The van der Waals surface area contributed by atoms with Gasteiger partial charge in [-0.25, -0.2) is 0 Å². The SMILES string of the molecule is CC(C)CC(CN)C(O)CC1CC1. The van der Waals surface area contributed by atoms with E-state index in [1.807, 2.05) is 0 Å². The third-order valence-corrected chi connectivity index (χ3v) is 2.89. The van der Waals surface area contributed by atoms with Crippen LogP contribution in [0.4, 0.5) is 0 Å². The second-order valence-electron chi connectivity index (χ2n) is 4.87. The van der Waals surface area contributed by atoms with Crippen molar-refractivity contribution in [3.05, 3.63) is 0 Å². The van der Waals surface area contributed by atoms with Crippen molar-refractivity contribution < 1.29 is 5.11 Å². The second kappa shape index (κ2) is 4.97. The molecule has 1 saturated carbocycles. The summed E-state index contributed by atoms with van der Waals surface area (Å²) in [4.78, 5) is 0. The molecule has 2 unspecified atom stereocenters. The largest absolute Gasteiger partial charge is 0.393 e. The van der Waals surface area contributed by atoms with E-state index >= 15 is 0 Å². The Morgan fingerprint density at radius 3 is 2.38 bits per heavy atom. The molecule has 2 nitrogen and oxygen atoms in total. The van der Waals surface area contributed by atoms with Gasteiger partial charge in [0.1, 0.15) is 0 Å². The standard InChI is InChI=1S/C11H23NO/c1-8(2)5-10(7-12)11(13)6-9-3-4-9/h8-11,13H,3-7,12H2,1-2H3. The van der Waals surface area contributed by atoms with Crippen LogP contribution < -0.4 is 5.73 Å². The first kappa shape index (κ1) is 11.0. The van der Waals surface area contributed by atoms with Gasteiger partial charge in [-0.2, -0.15) is 0 Å². The van der Waals surface area contributed by atoms with Gasteiger partial charge in [0, 0.05) is 0 Å². The minimum atomic E-state index is -0.153. The fourth-order valence-electron chi connectivity index (χ4n) is 1.90. The number of hydrogen-bond acceptors (Lipinski definition) is 2. The highest BCUT2D eigenvalue weighted by molar-refractivity contribution is 4.80. The van der Waals surface area contributed by atoms with Crippen LogP contribution in [0.2, 0.25) is 0 Å². The molecule has 1 fully saturated rings. The van der Waals surface area contributed by atoms with Crippen molar-refractivity contribution >= 4 is 0 Å². The molecule has 0 saturated heterocycles. The Hall–Kier alpha value is -0.0800. The summed E-state index contributed by atoms with van der Waals surface area (Å²) in [5.41, 5.74) is 5.66. The fourth-order valence-corrected chi connectivity index (χ4v) is 1.90. The summed E-state index contributed by atoms with van der Waals surface area (Å²) in [5, 5.41) is 9.89. The van der Waals surface area contributed by atoms with Gasteiger partial charge in [-0.1, -0.05) is 26.7 Å². The van der Waals surface area contributed by atoms with Crippen LogP contribution in [0.3, 0.4) is 0 Å². The minimum Gasteiger partial charge on any atom is -0.393 e.